The molecule has 0 aliphatic rings. The average Bonchev–Trinajstić information content (AvgIpc) is 3.25. The van der Waals surface area contributed by atoms with Crippen molar-refractivity contribution in [3.63, 3.8) is 0 Å². The molecule has 0 amide bonds. The summed E-state index contributed by atoms with van der Waals surface area (Å²) in [5.41, 5.74) is 2.04. The Balaban J connectivity index is 1.73. The number of rotatable bonds is 6. The van der Waals surface area contributed by atoms with Gasteiger partial charge in [0.1, 0.15) is 12.9 Å². The van der Waals surface area contributed by atoms with E-state index >= 15 is 0 Å². The highest BCUT2D eigenvalue weighted by molar-refractivity contribution is 6.35. The molecule has 3 heterocycles. The molecule has 0 aliphatic heterocycles. The van der Waals surface area contributed by atoms with Gasteiger partial charge in [-0.2, -0.15) is 0 Å². The third-order valence-electron chi connectivity index (χ3n) is 3.87. The van der Waals surface area contributed by atoms with E-state index in [2.05, 4.69) is 25.3 Å². The van der Waals surface area contributed by atoms with Crippen molar-refractivity contribution in [3.05, 3.63) is 77.4 Å². The summed E-state index contributed by atoms with van der Waals surface area (Å²) in [6, 6.07) is 10.8. The SMILES string of the molecule is CO/N=C/c1ccnc(C(Oc2cc(Cl)c3ncccc3c2)c2nnco2)c1. The second-order valence-corrected chi connectivity index (χ2v) is 6.09. The van der Waals surface area contributed by atoms with Gasteiger partial charge >= 0.3 is 0 Å². The van der Waals surface area contributed by atoms with E-state index in [1.807, 2.05) is 18.2 Å². The summed E-state index contributed by atoms with van der Waals surface area (Å²) in [4.78, 5) is 13.4. The van der Waals surface area contributed by atoms with Crippen LogP contribution in [-0.2, 0) is 4.84 Å². The zero-order valence-corrected chi connectivity index (χ0v) is 15.4. The molecule has 0 radical (unpaired) electrons. The van der Waals surface area contributed by atoms with Crippen LogP contribution in [0.3, 0.4) is 0 Å². The van der Waals surface area contributed by atoms with Gasteiger partial charge in [0.05, 0.1) is 22.4 Å². The molecule has 140 valence electrons. The third kappa shape index (κ3) is 3.77. The van der Waals surface area contributed by atoms with Crippen molar-refractivity contribution in [1.29, 1.82) is 0 Å². The van der Waals surface area contributed by atoms with Crippen molar-refractivity contribution >= 4 is 28.7 Å². The fourth-order valence-corrected chi connectivity index (χ4v) is 2.93. The van der Waals surface area contributed by atoms with Gasteiger partial charge in [-0.3, -0.25) is 9.97 Å². The first-order valence-electron chi connectivity index (χ1n) is 8.24. The number of halogens is 1. The smallest absolute Gasteiger partial charge is 0.263 e. The van der Waals surface area contributed by atoms with Crippen molar-refractivity contribution in [1.82, 2.24) is 20.2 Å². The number of hydrogen-bond donors (Lipinski definition) is 0. The molecule has 4 aromatic rings. The van der Waals surface area contributed by atoms with Crippen LogP contribution in [0.1, 0.15) is 23.3 Å². The number of benzene rings is 1. The molecule has 8 nitrogen and oxygen atoms in total. The lowest BCUT2D eigenvalue weighted by atomic mass is 10.1. The predicted octanol–water partition coefficient (Wildman–Crippen LogP) is 3.81. The summed E-state index contributed by atoms with van der Waals surface area (Å²) < 4.78 is 11.5. The summed E-state index contributed by atoms with van der Waals surface area (Å²) >= 11 is 6.36. The zero-order chi connectivity index (χ0) is 19.3. The Morgan fingerprint density at radius 2 is 2.11 bits per heavy atom. The standard InChI is InChI=1S/C19H14ClN5O3/c1-26-24-10-12-4-6-21-16(7-12)18(19-25-23-11-27-19)28-14-8-13-3-2-5-22-17(13)15(20)9-14/h2-11,18H,1H3/b24-10+. The lowest BCUT2D eigenvalue weighted by Gasteiger charge is -2.16. The summed E-state index contributed by atoms with van der Waals surface area (Å²) in [5.74, 6) is 0.780. The zero-order valence-electron chi connectivity index (χ0n) is 14.7. The minimum atomic E-state index is -0.733. The van der Waals surface area contributed by atoms with E-state index in [9.17, 15) is 0 Å². The minimum Gasteiger partial charge on any atom is -0.474 e. The van der Waals surface area contributed by atoms with Gasteiger partial charge < -0.3 is 14.0 Å². The molecule has 0 aliphatic carbocycles. The highest BCUT2D eigenvalue weighted by Gasteiger charge is 2.24. The van der Waals surface area contributed by atoms with Crippen LogP contribution < -0.4 is 4.74 Å². The average molecular weight is 396 g/mol. The first-order valence-corrected chi connectivity index (χ1v) is 8.62. The minimum absolute atomic E-state index is 0.260. The fourth-order valence-electron chi connectivity index (χ4n) is 2.66. The Bertz CT molecular complexity index is 1120. The van der Waals surface area contributed by atoms with Crippen LogP contribution in [0.2, 0.25) is 5.02 Å². The molecule has 0 bridgehead atoms. The first-order chi connectivity index (χ1) is 13.7. The molecule has 3 aromatic heterocycles. The van der Waals surface area contributed by atoms with E-state index in [1.54, 1.807) is 36.8 Å². The van der Waals surface area contributed by atoms with E-state index < -0.39 is 6.10 Å². The first kappa shape index (κ1) is 17.9. The van der Waals surface area contributed by atoms with Crippen molar-refractivity contribution in [2.45, 2.75) is 6.10 Å². The van der Waals surface area contributed by atoms with E-state index in [0.29, 0.717) is 22.0 Å². The second kappa shape index (κ2) is 8.01. The van der Waals surface area contributed by atoms with Crippen LogP contribution in [0.4, 0.5) is 0 Å². The molecule has 28 heavy (non-hydrogen) atoms. The van der Waals surface area contributed by atoms with Crippen LogP contribution >= 0.6 is 11.6 Å². The Hall–Kier alpha value is -3.52. The number of oxime groups is 1. The van der Waals surface area contributed by atoms with Gasteiger partial charge in [-0.15, -0.1) is 10.2 Å². The normalized spacial score (nSPS) is 12.4. The lowest BCUT2D eigenvalue weighted by molar-refractivity contribution is 0.203. The Morgan fingerprint density at radius 1 is 1.18 bits per heavy atom. The Kier molecular flexibility index (Phi) is 5.11. The molecule has 0 saturated heterocycles. The van der Waals surface area contributed by atoms with Crippen molar-refractivity contribution < 1.29 is 14.0 Å². The summed E-state index contributed by atoms with van der Waals surface area (Å²) in [5, 5.41) is 12.8. The molecule has 1 atom stereocenters. The van der Waals surface area contributed by atoms with Crippen molar-refractivity contribution in [3.8, 4) is 5.75 Å². The van der Waals surface area contributed by atoms with E-state index in [0.717, 1.165) is 10.9 Å². The van der Waals surface area contributed by atoms with Gasteiger partial charge in [0.2, 0.25) is 12.5 Å². The number of aromatic nitrogens is 4. The fraction of sp³-hybridized carbons (Fsp3) is 0.105. The van der Waals surface area contributed by atoms with Gasteiger partial charge in [0.25, 0.3) is 5.89 Å². The second-order valence-electron chi connectivity index (χ2n) is 5.69. The molecule has 0 saturated carbocycles. The van der Waals surface area contributed by atoms with E-state index in [1.165, 1.54) is 13.5 Å². The third-order valence-corrected chi connectivity index (χ3v) is 4.16. The maximum Gasteiger partial charge on any atom is 0.263 e. The topological polar surface area (TPSA) is 95.5 Å². The molecule has 0 spiro atoms. The van der Waals surface area contributed by atoms with Gasteiger partial charge in [-0.25, -0.2) is 0 Å². The molecule has 0 fully saturated rings. The van der Waals surface area contributed by atoms with Crippen molar-refractivity contribution in [2.75, 3.05) is 7.11 Å². The van der Waals surface area contributed by atoms with Crippen LogP contribution in [0.5, 0.6) is 5.75 Å². The quantitative estimate of drug-likeness (QED) is 0.361. The Morgan fingerprint density at radius 3 is 2.93 bits per heavy atom. The highest BCUT2D eigenvalue weighted by atomic mass is 35.5. The lowest BCUT2D eigenvalue weighted by Crippen LogP contribution is -2.12. The Labute approximate surface area is 164 Å². The largest absolute Gasteiger partial charge is 0.474 e. The van der Waals surface area contributed by atoms with Crippen LogP contribution in [-0.4, -0.2) is 33.5 Å². The van der Waals surface area contributed by atoms with E-state index in [-0.39, 0.29) is 5.89 Å². The number of hydrogen-bond acceptors (Lipinski definition) is 8. The van der Waals surface area contributed by atoms with Gasteiger partial charge in [0, 0.05) is 23.8 Å². The molecule has 9 heteroatoms. The number of ether oxygens (including phenoxy) is 1. The van der Waals surface area contributed by atoms with Crippen molar-refractivity contribution in [2.24, 2.45) is 5.16 Å². The molecular formula is C19H14ClN5O3. The number of pyridine rings is 2. The van der Waals surface area contributed by atoms with Gasteiger partial charge in [0.15, 0.2) is 0 Å². The number of fused-ring (bicyclic) bond motifs is 1. The van der Waals surface area contributed by atoms with Crippen LogP contribution in [0.15, 0.2) is 64.8 Å². The summed E-state index contributed by atoms with van der Waals surface area (Å²) in [6.07, 6.45) is 5.39. The monoisotopic (exact) mass is 395 g/mol. The van der Waals surface area contributed by atoms with Gasteiger partial charge in [-0.05, 0) is 29.8 Å². The van der Waals surface area contributed by atoms with Crippen LogP contribution in [0, 0.1) is 0 Å². The maximum absolute atomic E-state index is 6.36. The molecule has 4 rings (SSSR count). The molecule has 1 unspecified atom stereocenters. The highest BCUT2D eigenvalue weighted by Crippen LogP contribution is 2.32. The number of nitrogens with zero attached hydrogens (tertiary/aromatic N) is 5. The molecule has 1 aromatic carbocycles. The molecule has 0 N–H and O–H groups in total. The summed E-state index contributed by atoms with van der Waals surface area (Å²) in [7, 11) is 1.47. The van der Waals surface area contributed by atoms with Gasteiger partial charge in [-0.1, -0.05) is 22.8 Å². The molecular weight excluding hydrogens is 382 g/mol. The maximum atomic E-state index is 6.36. The summed E-state index contributed by atoms with van der Waals surface area (Å²) in [6.45, 7) is 0. The van der Waals surface area contributed by atoms with Crippen LogP contribution in [0.25, 0.3) is 10.9 Å². The van der Waals surface area contributed by atoms with E-state index in [4.69, 9.17) is 25.6 Å². The predicted molar refractivity (Wildman–Crippen MR) is 102 cm³/mol.